The van der Waals surface area contributed by atoms with Crippen molar-refractivity contribution < 1.29 is 38.8 Å². The van der Waals surface area contributed by atoms with Gasteiger partial charge in [0, 0.05) is 37.4 Å². The standard InChI is InChI=1S/C36H36N2O8S/c1-22(44-23(2)40)33(41)38-19-28-6-3-4-7-30(28)25-13-15-27(16-14-25)36-45-29(21-47-34-31(35(42)43)8-5-17-37-34)18-32(46-36)26-11-9-24(20-39)10-12-26/h3-17,22,29,32,36,39H,18-21H2,1-2H3,(H,38,41)(H,42,43)/t22-,29-,32+,36+/m0/s1. The molecule has 0 bridgehead atoms. The van der Waals surface area contributed by atoms with E-state index in [0.29, 0.717) is 17.2 Å². The Morgan fingerprint density at radius 2 is 1.70 bits per heavy atom. The fourth-order valence-electron chi connectivity index (χ4n) is 5.27. The Hall–Kier alpha value is -4.55. The first-order valence-electron chi connectivity index (χ1n) is 15.2. The molecule has 11 heteroatoms. The number of carbonyl (C=O) groups excluding carboxylic acids is 2. The summed E-state index contributed by atoms with van der Waals surface area (Å²) in [4.78, 5) is 39.6. The zero-order valence-corrected chi connectivity index (χ0v) is 26.8. The summed E-state index contributed by atoms with van der Waals surface area (Å²) in [6.45, 7) is 3.00. The monoisotopic (exact) mass is 656 g/mol. The first-order chi connectivity index (χ1) is 22.7. The quantitative estimate of drug-likeness (QED) is 0.126. The zero-order valence-electron chi connectivity index (χ0n) is 26.0. The maximum Gasteiger partial charge on any atom is 0.338 e. The summed E-state index contributed by atoms with van der Waals surface area (Å²) in [6.07, 6.45) is -0.0334. The van der Waals surface area contributed by atoms with Crippen molar-refractivity contribution in [2.24, 2.45) is 0 Å². The lowest BCUT2D eigenvalue weighted by molar-refractivity contribution is -0.245. The van der Waals surface area contributed by atoms with Crippen LogP contribution in [0.2, 0.25) is 0 Å². The van der Waals surface area contributed by atoms with E-state index in [2.05, 4.69) is 10.3 Å². The van der Waals surface area contributed by atoms with E-state index in [0.717, 1.165) is 33.4 Å². The van der Waals surface area contributed by atoms with Crippen LogP contribution in [0.15, 0.2) is 96.2 Å². The van der Waals surface area contributed by atoms with Gasteiger partial charge in [-0.05, 0) is 46.9 Å². The number of rotatable bonds is 12. The summed E-state index contributed by atoms with van der Waals surface area (Å²) in [5.74, 6) is -1.47. The van der Waals surface area contributed by atoms with Crippen LogP contribution in [-0.2, 0) is 37.0 Å². The molecule has 0 aliphatic carbocycles. The van der Waals surface area contributed by atoms with Crippen molar-refractivity contribution in [3.8, 4) is 11.1 Å². The van der Waals surface area contributed by atoms with Crippen molar-refractivity contribution in [3.05, 3.63) is 119 Å². The molecule has 1 aromatic heterocycles. The maximum absolute atomic E-state index is 12.4. The van der Waals surface area contributed by atoms with Crippen LogP contribution in [-0.4, -0.2) is 51.0 Å². The maximum atomic E-state index is 12.4. The van der Waals surface area contributed by atoms with Crippen molar-refractivity contribution >= 4 is 29.6 Å². The number of hydrogen-bond acceptors (Lipinski definition) is 9. The number of carbonyl (C=O) groups is 3. The highest BCUT2D eigenvalue weighted by Gasteiger charge is 2.32. The van der Waals surface area contributed by atoms with Crippen LogP contribution in [0.25, 0.3) is 11.1 Å². The van der Waals surface area contributed by atoms with Crippen LogP contribution < -0.4 is 5.32 Å². The third-order valence-electron chi connectivity index (χ3n) is 7.70. The molecule has 4 atom stereocenters. The number of pyridine rings is 1. The first kappa shape index (κ1) is 33.8. The molecule has 1 fully saturated rings. The van der Waals surface area contributed by atoms with Gasteiger partial charge in [0.05, 0.1) is 24.4 Å². The van der Waals surface area contributed by atoms with Crippen molar-refractivity contribution in [3.63, 3.8) is 0 Å². The number of amides is 1. The Kier molecular flexibility index (Phi) is 11.4. The van der Waals surface area contributed by atoms with Crippen LogP contribution in [0.1, 0.15) is 65.3 Å². The molecule has 3 N–H and O–H groups in total. The van der Waals surface area contributed by atoms with E-state index in [1.807, 2.05) is 72.8 Å². The summed E-state index contributed by atoms with van der Waals surface area (Å²) in [5, 5.41) is 22.4. The van der Waals surface area contributed by atoms with E-state index in [1.165, 1.54) is 31.7 Å². The number of nitrogens with one attached hydrogen (secondary N) is 1. The SMILES string of the molecule is CC(=O)O[C@@H](C)C(=O)NCc1ccccc1-c1ccc([C@@H]2O[C@H](CSc3ncccc3C(=O)O)C[C@H](c3ccc(CO)cc3)O2)cc1. The highest BCUT2D eigenvalue weighted by atomic mass is 32.2. The molecule has 47 heavy (non-hydrogen) atoms. The van der Waals surface area contributed by atoms with Gasteiger partial charge in [-0.1, -0.05) is 72.8 Å². The minimum Gasteiger partial charge on any atom is -0.478 e. The van der Waals surface area contributed by atoms with Crippen molar-refractivity contribution in [2.45, 2.75) is 63.0 Å². The van der Waals surface area contributed by atoms with E-state index >= 15 is 0 Å². The van der Waals surface area contributed by atoms with Gasteiger partial charge in [-0.25, -0.2) is 9.78 Å². The first-order valence-corrected chi connectivity index (χ1v) is 16.1. The largest absolute Gasteiger partial charge is 0.478 e. The van der Waals surface area contributed by atoms with E-state index in [-0.39, 0.29) is 36.8 Å². The lowest BCUT2D eigenvalue weighted by Crippen LogP contribution is -2.35. The van der Waals surface area contributed by atoms with Gasteiger partial charge in [-0.2, -0.15) is 0 Å². The summed E-state index contributed by atoms with van der Waals surface area (Å²) < 4.78 is 17.9. The second kappa shape index (κ2) is 15.8. The van der Waals surface area contributed by atoms with E-state index in [9.17, 15) is 24.6 Å². The molecule has 5 rings (SSSR count). The van der Waals surface area contributed by atoms with Crippen LogP contribution in [0.3, 0.4) is 0 Å². The fraction of sp³-hybridized carbons (Fsp3) is 0.278. The van der Waals surface area contributed by atoms with Crippen LogP contribution in [0.5, 0.6) is 0 Å². The average molecular weight is 657 g/mol. The lowest BCUT2D eigenvalue weighted by atomic mass is 9.97. The molecule has 1 saturated heterocycles. The Bertz CT molecular complexity index is 1700. The number of thioether (sulfide) groups is 1. The Morgan fingerprint density at radius 3 is 2.40 bits per heavy atom. The van der Waals surface area contributed by atoms with Gasteiger partial charge in [0.25, 0.3) is 5.91 Å². The van der Waals surface area contributed by atoms with Gasteiger partial charge in [0.2, 0.25) is 0 Å². The van der Waals surface area contributed by atoms with Crippen molar-refractivity contribution in [1.82, 2.24) is 10.3 Å². The molecule has 10 nitrogen and oxygen atoms in total. The number of nitrogens with zero attached hydrogens (tertiary/aromatic N) is 1. The number of aliphatic hydroxyl groups is 1. The van der Waals surface area contributed by atoms with Gasteiger partial charge in [0.15, 0.2) is 12.4 Å². The van der Waals surface area contributed by atoms with Crippen molar-refractivity contribution in [2.75, 3.05) is 5.75 Å². The predicted molar refractivity (Wildman–Crippen MR) is 175 cm³/mol. The number of esters is 1. The highest BCUT2D eigenvalue weighted by molar-refractivity contribution is 7.99. The molecule has 0 unspecified atom stereocenters. The number of benzene rings is 3. The minimum atomic E-state index is -1.03. The smallest absolute Gasteiger partial charge is 0.338 e. The fourth-order valence-corrected chi connectivity index (χ4v) is 6.27. The molecule has 1 aliphatic rings. The average Bonchev–Trinajstić information content (AvgIpc) is 3.09. The second-order valence-electron chi connectivity index (χ2n) is 11.1. The van der Waals surface area contributed by atoms with Crippen LogP contribution in [0.4, 0.5) is 0 Å². The molecule has 244 valence electrons. The normalized spacial score (nSPS) is 18.2. The molecule has 1 amide bonds. The number of aromatic carboxylic acids is 1. The lowest BCUT2D eigenvalue weighted by Gasteiger charge is -2.36. The summed E-state index contributed by atoms with van der Waals surface area (Å²) in [7, 11) is 0. The third kappa shape index (κ3) is 8.83. The number of aliphatic hydroxyl groups excluding tert-OH is 1. The Morgan fingerprint density at radius 1 is 0.979 bits per heavy atom. The third-order valence-corrected chi connectivity index (χ3v) is 8.84. The van der Waals surface area contributed by atoms with E-state index in [4.69, 9.17) is 14.2 Å². The highest BCUT2D eigenvalue weighted by Crippen LogP contribution is 2.40. The van der Waals surface area contributed by atoms with Gasteiger partial charge >= 0.3 is 11.9 Å². The van der Waals surface area contributed by atoms with Crippen molar-refractivity contribution in [1.29, 1.82) is 0 Å². The topological polar surface area (TPSA) is 144 Å². The Labute approximate surface area is 277 Å². The Balaban J connectivity index is 1.34. The van der Waals surface area contributed by atoms with Crippen LogP contribution in [0, 0.1) is 0 Å². The number of aromatic nitrogens is 1. The number of ether oxygens (including phenoxy) is 3. The van der Waals surface area contributed by atoms with E-state index < -0.39 is 24.3 Å². The molecule has 0 saturated carbocycles. The summed E-state index contributed by atoms with van der Waals surface area (Å²) in [6, 6.07) is 26.3. The molecular weight excluding hydrogens is 620 g/mol. The summed E-state index contributed by atoms with van der Waals surface area (Å²) in [5.41, 5.74) is 5.47. The second-order valence-corrected chi connectivity index (χ2v) is 12.1. The number of carboxylic acid groups (broad SMARTS) is 1. The molecule has 3 aromatic carbocycles. The molecule has 4 aromatic rings. The van der Waals surface area contributed by atoms with Crippen LogP contribution >= 0.6 is 11.8 Å². The molecule has 0 spiro atoms. The van der Waals surface area contributed by atoms with Gasteiger partial charge < -0.3 is 29.7 Å². The van der Waals surface area contributed by atoms with Gasteiger partial charge in [-0.15, -0.1) is 11.8 Å². The molecule has 0 radical (unpaired) electrons. The van der Waals surface area contributed by atoms with Gasteiger partial charge in [0.1, 0.15) is 5.03 Å². The van der Waals surface area contributed by atoms with Gasteiger partial charge in [-0.3, -0.25) is 9.59 Å². The zero-order chi connectivity index (χ0) is 33.3. The number of hydrogen-bond donors (Lipinski definition) is 3. The summed E-state index contributed by atoms with van der Waals surface area (Å²) >= 11 is 1.33. The minimum absolute atomic E-state index is 0.0535. The molecule has 1 aliphatic heterocycles. The molecule has 2 heterocycles. The molecular formula is C36H36N2O8S. The number of carboxylic acids is 1. The van der Waals surface area contributed by atoms with E-state index in [1.54, 1.807) is 12.3 Å². The predicted octanol–water partition coefficient (Wildman–Crippen LogP) is 5.84.